The van der Waals surface area contributed by atoms with Crippen molar-refractivity contribution in [2.24, 2.45) is 5.73 Å². The van der Waals surface area contributed by atoms with E-state index in [-0.39, 0.29) is 0 Å². The summed E-state index contributed by atoms with van der Waals surface area (Å²) in [6.07, 6.45) is 7.05. The monoisotopic (exact) mass is 111 g/mol. The van der Waals surface area contributed by atoms with Gasteiger partial charge in [-0.05, 0) is 6.54 Å². The van der Waals surface area contributed by atoms with E-state index in [0.29, 0.717) is 0 Å². The Kier molecular flexibility index (Phi) is 2.41. The molecule has 8 heavy (non-hydrogen) atoms. The van der Waals surface area contributed by atoms with Crippen LogP contribution in [0.15, 0.2) is 0 Å². The highest BCUT2D eigenvalue weighted by molar-refractivity contribution is 6.59. The van der Waals surface area contributed by atoms with E-state index in [0.717, 1.165) is 13.3 Å². The summed E-state index contributed by atoms with van der Waals surface area (Å²) in [5, 5.41) is 0. The highest BCUT2D eigenvalue weighted by Gasteiger charge is 2.16. The highest BCUT2D eigenvalue weighted by Crippen LogP contribution is 2.21. The largest absolute Gasteiger partial charge is 0.331 e. The molecule has 1 aliphatic rings. The van der Waals surface area contributed by atoms with Crippen LogP contribution in [0.1, 0.15) is 12.8 Å². The van der Waals surface area contributed by atoms with Crippen LogP contribution in [0.3, 0.4) is 0 Å². The normalized spacial score (nSPS) is 19.9. The van der Waals surface area contributed by atoms with Crippen molar-refractivity contribution in [3.05, 3.63) is 0 Å². The van der Waals surface area contributed by atoms with Crippen molar-refractivity contribution in [1.82, 2.24) is 0 Å². The number of hydrogen-bond acceptors (Lipinski definition) is 1. The maximum atomic E-state index is 5.41. The zero-order valence-corrected chi connectivity index (χ0v) is 5.40. The van der Waals surface area contributed by atoms with E-state index in [9.17, 15) is 0 Å². The topological polar surface area (TPSA) is 26.0 Å². The third kappa shape index (κ3) is 1.51. The fourth-order valence-corrected chi connectivity index (χ4v) is 1.53. The van der Waals surface area contributed by atoms with Crippen LogP contribution in [-0.4, -0.2) is 13.3 Å². The molecule has 0 aliphatic carbocycles. The quantitative estimate of drug-likeness (QED) is 0.533. The molecule has 0 unspecified atom stereocenters. The molecule has 0 spiro atoms. The zero-order valence-electron chi connectivity index (χ0n) is 5.40. The summed E-state index contributed by atoms with van der Waals surface area (Å²) in [5.74, 6) is 0. The lowest BCUT2D eigenvalue weighted by Crippen LogP contribution is -2.12. The van der Waals surface area contributed by atoms with E-state index in [2.05, 4.69) is 0 Å². The second kappa shape index (κ2) is 3.13. The van der Waals surface area contributed by atoms with Gasteiger partial charge in [0, 0.05) is 0 Å². The maximum absolute atomic E-state index is 5.41. The van der Waals surface area contributed by atoms with Gasteiger partial charge < -0.3 is 5.73 Å². The zero-order chi connectivity index (χ0) is 5.82. The second-order valence-electron chi connectivity index (χ2n) is 2.73. The molecule has 1 saturated heterocycles. The average molecular weight is 111 g/mol. The van der Waals surface area contributed by atoms with Crippen molar-refractivity contribution in [2.75, 3.05) is 6.54 Å². The average Bonchev–Trinajstić information content (AvgIpc) is 2.19. The summed E-state index contributed by atoms with van der Waals surface area (Å²) in [7, 11) is 0. The van der Waals surface area contributed by atoms with Gasteiger partial charge in [0.2, 0.25) is 0 Å². The van der Waals surface area contributed by atoms with Crippen LogP contribution in [0.25, 0.3) is 0 Å². The molecule has 0 radical (unpaired) electrons. The van der Waals surface area contributed by atoms with Crippen molar-refractivity contribution < 1.29 is 0 Å². The van der Waals surface area contributed by atoms with Gasteiger partial charge in [-0.15, -0.1) is 0 Å². The molecule has 0 bridgehead atoms. The Hall–Kier alpha value is 0.0249. The summed E-state index contributed by atoms with van der Waals surface area (Å²) in [6, 6.07) is 0. The van der Waals surface area contributed by atoms with Crippen molar-refractivity contribution >= 4 is 6.71 Å². The fraction of sp³-hybridized carbons (Fsp3) is 1.00. The molecule has 0 saturated carbocycles. The first kappa shape index (κ1) is 6.15. The van der Waals surface area contributed by atoms with E-state index in [1.54, 1.807) is 0 Å². The van der Waals surface area contributed by atoms with Gasteiger partial charge in [-0.1, -0.05) is 31.8 Å². The lowest BCUT2D eigenvalue weighted by molar-refractivity contribution is 0.935. The smallest absolute Gasteiger partial charge is 0.141 e. The summed E-state index contributed by atoms with van der Waals surface area (Å²) in [6.45, 7) is 1.88. The van der Waals surface area contributed by atoms with E-state index in [1.165, 1.54) is 31.8 Å². The molecule has 0 aromatic carbocycles. The first-order chi connectivity index (χ1) is 3.93. The minimum atomic E-state index is 0.894. The van der Waals surface area contributed by atoms with Crippen molar-refractivity contribution in [3.63, 3.8) is 0 Å². The van der Waals surface area contributed by atoms with Gasteiger partial charge >= 0.3 is 0 Å². The van der Waals surface area contributed by atoms with Gasteiger partial charge in [0.25, 0.3) is 0 Å². The highest BCUT2D eigenvalue weighted by atomic mass is 14.5. The molecule has 0 aromatic heterocycles. The molecule has 0 amide bonds. The van der Waals surface area contributed by atoms with Crippen LogP contribution < -0.4 is 5.73 Å². The molecule has 2 heteroatoms. The summed E-state index contributed by atoms with van der Waals surface area (Å²) >= 11 is 0. The molecule has 1 aliphatic heterocycles. The van der Waals surface area contributed by atoms with Crippen molar-refractivity contribution in [3.8, 4) is 0 Å². The van der Waals surface area contributed by atoms with Crippen LogP contribution in [-0.2, 0) is 0 Å². The molecular weight excluding hydrogens is 96.9 g/mol. The Labute approximate surface area is 51.7 Å². The summed E-state index contributed by atoms with van der Waals surface area (Å²) in [4.78, 5) is 0. The number of hydrogen-bond donors (Lipinski definition) is 1. The predicted octanol–water partition coefficient (Wildman–Crippen LogP) is 1.23. The lowest BCUT2D eigenvalue weighted by Gasteiger charge is -1.98. The van der Waals surface area contributed by atoms with Crippen LogP contribution in [0.4, 0.5) is 0 Å². The third-order valence-electron chi connectivity index (χ3n) is 2.05. The Morgan fingerprint density at radius 2 is 1.88 bits per heavy atom. The van der Waals surface area contributed by atoms with Gasteiger partial charge in [0.1, 0.15) is 6.71 Å². The van der Waals surface area contributed by atoms with Crippen LogP contribution in [0.5, 0.6) is 0 Å². The molecule has 1 fully saturated rings. The minimum Gasteiger partial charge on any atom is -0.331 e. The molecule has 1 nitrogen and oxygen atoms in total. The predicted molar refractivity (Wildman–Crippen MR) is 38.5 cm³/mol. The van der Waals surface area contributed by atoms with E-state index in [1.807, 2.05) is 0 Å². The molecule has 0 atom stereocenters. The van der Waals surface area contributed by atoms with E-state index >= 15 is 0 Å². The standard InChI is InChI=1S/C6H14BN/c8-6-5-7-3-1-2-4-7/h1-6,8H2. The Morgan fingerprint density at radius 1 is 1.25 bits per heavy atom. The fourth-order valence-electron chi connectivity index (χ4n) is 1.53. The Balaban J connectivity index is 2.06. The van der Waals surface area contributed by atoms with E-state index < -0.39 is 0 Å². The molecule has 1 rings (SSSR count). The summed E-state index contributed by atoms with van der Waals surface area (Å²) in [5.41, 5.74) is 5.41. The minimum absolute atomic E-state index is 0.894. The lowest BCUT2D eigenvalue weighted by atomic mass is 9.46. The Morgan fingerprint density at radius 3 is 2.38 bits per heavy atom. The first-order valence-corrected chi connectivity index (χ1v) is 3.63. The van der Waals surface area contributed by atoms with Crippen molar-refractivity contribution in [1.29, 1.82) is 0 Å². The van der Waals surface area contributed by atoms with Gasteiger partial charge in [0.15, 0.2) is 0 Å². The van der Waals surface area contributed by atoms with E-state index in [4.69, 9.17) is 5.73 Å². The first-order valence-electron chi connectivity index (χ1n) is 3.63. The SMILES string of the molecule is NCCB1CCCC1. The van der Waals surface area contributed by atoms with Gasteiger partial charge in [-0.25, -0.2) is 0 Å². The molecule has 2 N–H and O–H groups in total. The van der Waals surface area contributed by atoms with Gasteiger partial charge in [-0.3, -0.25) is 0 Å². The van der Waals surface area contributed by atoms with Crippen molar-refractivity contribution in [2.45, 2.75) is 31.8 Å². The van der Waals surface area contributed by atoms with Crippen LogP contribution >= 0.6 is 0 Å². The molecule has 46 valence electrons. The molecule has 0 aromatic rings. The number of rotatable bonds is 2. The Bertz CT molecular complexity index is 59.5. The number of nitrogens with two attached hydrogens (primary N) is 1. The summed E-state index contributed by atoms with van der Waals surface area (Å²) < 4.78 is 0. The van der Waals surface area contributed by atoms with Crippen LogP contribution in [0.2, 0.25) is 19.0 Å². The van der Waals surface area contributed by atoms with Gasteiger partial charge in [-0.2, -0.15) is 0 Å². The molecular formula is C6H14BN. The maximum Gasteiger partial charge on any atom is 0.141 e. The van der Waals surface area contributed by atoms with Crippen LogP contribution in [0, 0.1) is 0 Å². The van der Waals surface area contributed by atoms with Gasteiger partial charge in [0.05, 0.1) is 0 Å². The third-order valence-corrected chi connectivity index (χ3v) is 2.05. The second-order valence-corrected chi connectivity index (χ2v) is 2.73. The molecule has 1 heterocycles.